The van der Waals surface area contributed by atoms with Crippen molar-refractivity contribution in [1.29, 1.82) is 5.26 Å². The molecule has 2 aromatic heterocycles. The lowest BCUT2D eigenvalue weighted by atomic mass is 10.0. The van der Waals surface area contributed by atoms with Crippen LogP contribution in [0.1, 0.15) is 35.8 Å². The van der Waals surface area contributed by atoms with Crippen LogP contribution < -0.4 is 4.74 Å². The van der Waals surface area contributed by atoms with Crippen molar-refractivity contribution in [1.82, 2.24) is 24.5 Å². The van der Waals surface area contributed by atoms with Crippen LogP contribution in [-0.4, -0.2) is 49.6 Å². The quantitative estimate of drug-likeness (QED) is 0.427. The third-order valence-electron chi connectivity index (χ3n) is 5.81. The van der Waals surface area contributed by atoms with Crippen molar-refractivity contribution < 1.29 is 27.1 Å². The van der Waals surface area contributed by atoms with Crippen molar-refractivity contribution in [3.8, 4) is 28.8 Å². The Morgan fingerprint density at radius 1 is 1.34 bits per heavy atom. The molecule has 1 fully saturated rings. The number of hydrogen-bond acceptors (Lipinski definition) is 5. The fraction of sp³-hybridized carbons (Fsp3) is 0.364. The summed E-state index contributed by atoms with van der Waals surface area (Å²) in [7, 11) is 2.83. The molecule has 0 N–H and O–H groups in total. The highest BCUT2D eigenvalue weighted by atomic mass is 35.5. The molecule has 13 heteroatoms. The molecule has 3 aromatic rings. The zero-order valence-corrected chi connectivity index (χ0v) is 19.5. The Kier molecular flexibility index (Phi) is 6.00. The van der Waals surface area contributed by atoms with Gasteiger partial charge in [0.15, 0.2) is 17.3 Å². The van der Waals surface area contributed by atoms with Crippen LogP contribution in [0.2, 0.25) is 5.02 Å². The summed E-state index contributed by atoms with van der Waals surface area (Å²) >= 11 is 6.25. The van der Waals surface area contributed by atoms with Crippen LogP contribution in [0, 0.1) is 11.3 Å². The Morgan fingerprint density at radius 3 is 2.60 bits per heavy atom. The van der Waals surface area contributed by atoms with E-state index >= 15 is 0 Å². The van der Waals surface area contributed by atoms with Crippen LogP contribution in [0.25, 0.3) is 16.9 Å². The molecule has 184 valence electrons. The number of ether oxygens (including phenoxy) is 1. The molecule has 4 rings (SSSR count). The third-order valence-corrected chi connectivity index (χ3v) is 6.14. The van der Waals surface area contributed by atoms with Gasteiger partial charge in [0.05, 0.1) is 22.9 Å². The van der Waals surface area contributed by atoms with E-state index in [0.29, 0.717) is 30.9 Å². The summed E-state index contributed by atoms with van der Waals surface area (Å²) in [4.78, 5) is 14.4. The van der Waals surface area contributed by atoms with Crippen molar-refractivity contribution in [2.45, 2.75) is 37.8 Å². The number of benzene rings is 1. The fourth-order valence-corrected chi connectivity index (χ4v) is 3.90. The second-order valence-corrected chi connectivity index (χ2v) is 8.67. The first-order valence-electron chi connectivity index (χ1n) is 10.3. The maximum atomic E-state index is 14.0. The third kappa shape index (κ3) is 4.43. The lowest BCUT2D eigenvalue weighted by Gasteiger charge is -2.23. The number of rotatable bonds is 7. The number of carbonyl (C=O) groups is 1. The number of carbonyl (C=O) groups excluding carboxylic acids is 1. The number of alkyl halides is 4. The van der Waals surface area contributed by atoms with Gasteiger partial charge in [-0.1, -0.05) is 17.7 Å². The van der Waals surface area contributed by atoms with E-state index in [-0.39, 0.29) is 16.4 Å². The molecule has 2 heterocycles. The molecule has 1 aliphatic carbocycles. The first-order valence-corrected chi connectivity index (χ1v) is 10.7. The molecule has 1 amide bonds. The molecular weight excluding hydrogens is 492 g/mol. The summed E-state index contributed by atoms with van der Waals surface area (Å²) < 4.78 is 60.4. The zero-order valence-electron chi connectivity index (χ0n) is 18.8. The van der Waals surface area contributed by atoms with E-state index in [2.05, 4.69) is 21.0 Å². The highest BCUT2D eigenvalue weighted by Gasteiger charge is 2.49. The summed E-state index contributed by atoms with van der Waals surface area (Å²) in [5, 5.41) is 17.3. The summed E-state index contributed by atoms with van der Waals surface area (Å²) in [6.07, 6.45) is 3.90. The fourth-order valence-electron chi connectivity index (χ4n) is 3.70. The highest BCUT2D eigenvalue weighted by molar-refractivity contribution is 6.34. The molecule has 8 nitrogen and oxygen atoms in total. The van der Waals surface area contributed by atoms with E-state index in [1.165, 1.54) is 43.5 Å². The predicted molar refractivity (Wildman–Crippen MR) is 117 cm³/mol. The van der Waals surface area contributed by atoms with E-state index in [4.69, 9.17) is 11.6 Å². The minimum absolute atomic E-state index is 0.163. The van der Waals surface area contributed by atoms with E-state index in [1.54, 1.807) is 6.07 Å². The van der Waals surface area contributed by atoms with E-state index < -0.39 is 35.4 Å². The molecule has 0 unspecified atom stereocenters. The highest BCUT2D eigenvalue weighted by Crippen LogP contribution is 2.42. The van der Waals surface area contributed by atoms with Crippen molar-refractivity contribution in [3.63, 3.8) is 0 Å². The minimum atomic E-state index is -3.55. The van der Waals surface area contributed by atoms with Crippen molar-refractivity contribution in [2.24, 2.45) is 7.05 Å². The molecule has 0 aliphatic heterocycles. The van der Waals surface area contributed by atoms with Crippen molar-refractivity contribution >= 4 is 17.5 Å². The first-order chi connectivity index (χ1) is 16.4. The number of nitriles is 1. The molecule has 0 radical (unpaired) electrons. The lowest BCUT2D eigenvalue weighted by molar-refractivity contribution is -0.0565. The monoisotopic (exact) mass is 510 g/mol. The van der Waals surface area contributed by atoms with Gasteiger partial charge in [-0.15, -0.1) is 0 Å². The molecule has 1 aromatic carbocycles. The maximum Gasteiger partial charge on any atom is 0.387 e. The van der Waals surface area contributed by atoms with E-state index in [9.17, 15) is 27.6 Å². The van der Waals surface area contributed by atoms with Crippen LogP contribution in [0.5, 0.6) is 5.75 Å². The molecule has 0 saturated heterocycles. The van der Waals surface area contributed by atoms with Crippen LogP contribution in [-0.2, 0) is 13.0 Å². The van der Waals surface area contributed by atoms with Gasteiger partial charge in [-0.05, 0) is 30.5 Å². The Morgan fingerprint density at radius 2 is 2.03 bits per heavy atom. The second kappa shape index (κ2) is 8.57. The average Bonchev–Trinajstić information content (AvgIpc) is 3.32. The van der Waals surface area contributed by atoms with Gasteiger partial charge in [0, 0.05) is 32.8 Å². The first kappa shape index (κ1) is 24.5. The van der Waals surface area contributed by atoms with Gasteiger partial charge >= 0.3 is 6.61 Å². The number of aromatic nitrogens is 4. The summed E-state index contributed by atoms with van der Waals surface area (Å²) in [5.41, 5.74) is -0.703. The van der Waals surface area contributed by atoms with E-state index in [1.807, 2.05) is 0 Å². The molecule has 0 bridgehead atoms. The topological polar surface area (TPSA) is 89.0 Å². The largest absolute Gasteiger partial charge is 0.428 e. The van der Waals surface area contributed by atoms with Crippen LogP contribution in [0.15, 0.2) is 30.6 Å². The maximum absolute atomic E-state index is 14.0. The molecule has 0 spiro atoms. The predicted octanol–water partition coefficient (Wildman–Crippen LogP) is 4.77. The SMILES string of the molecule is CN(C(=O)c1cc(-c2cnn(-c3c(OC(F)F)c(C(C)(F)F)nn3C)c2)ccc1Cl)C1(C#N)CC1. The lowest BCUT2D eigenvalue weighted by Crippen LogP contribution is -2.38. The van der Waals surface area contributed by atoms with E-state index in [0.717, 1.165) is 9.36 Å². The van der Waals surface area contributed by atoms with Crippen LogP contribution in [0.3, 0.4) is 0 Å². The molecule has 35 heavy (non-hydrogen) atoms. The number of hydrogen-bond donors (Lipinski definition) is 0. The number of nitrogens with zero attached hydrogens (tertiary/aromatic N) is 6. The minimum Gasteiger partial charge on any atom is -0.428 e. The van der Waals surface area contributed by atoms with Gasteiger partial charge in [-0.2, -0.15) is 33.0 Å². The van der Waals surface area contributed by atoms with Gasteiger partial charge < -0.3 is 9.64 Å². The molecular formula is C22H19ClF4N6O2. The molecule has 1 aliphatic rings. The smallest absolute Gasteiger partial charge is 0.387 e. The van der Waals surface area contributed by atoms with Gasteiger partial charge in [0.2, 0.25) is 0 Å². The summed E-state index contributed by atoms with van der Waals surface area (Å²) in [6.45, 7) is -2.84. The number of halogens is 5. The number of aryl methyl sites for hydroxylation is 1. The van der Waals surface area contributed by atoms with Crippen molar-refractivity contribution in [2.75, 3.05) is 7.05 Å². The molecule has 0 atom stereocenters. The van der Waals surface area contributed by atoms with Gasteiger partial charge in [0.25, 0.3) is 11.8 Å². The van der Waals surface area contributed by atoms with Gasteiger partial charge in [-0.3, -0.25) is 4.79 Å². The second-order valence-electron chi connectivity index (χ2n) is 8.27. The molecule has 1 saturated carbocycles. The normalized spacial score (nSPS) is 14.6. The Hall–Kier alpha value is -3.59. The Labute approximate surface area is 202 Å². The average molecular weight is 511 g/mol. The standard InChI is InChI=1S/C22H19ClF4N6O2/c1-21(26,27)17-16(35-20(24)25)18(32(3)30-17)33-10-13(9-29-33)12-4-5-15(23)14(8-12)19(34)31(2)22(11-28)6-7-22/h4-5,8-10,20H,6-7H2,1-3H3. The summed E-state index contributed by atoms with van der Waals surface area (Å²) in [5.74, 6) is -5.01. The zero-order chi connectivity index (χ0) is 25.7. The Balaban J connectivity index is 1.73. The van der Waals surface area contributed by atoms with Crippen LogP contribution >= 0.6 is 11.6 Å². The van der Waals surface area contributed by atoms with Gasteiger partial charge in [0.1, 0.15) is 5.54 Å². The Bertz CT molecular complexity index is 1340. The van der Waals surface area contributed by atoms with Gasteiger partial charge in [-0.25, -0.2) is 9.36 Å². The van der Waals surface area contributed by atoms with Crippen molar-refractivity contribution in [3.05, 3.63) is 46.9 Å². The van der Waals surface area contributed by atoms with Crippen LogP contribution in [0.4, 0.5) is 17.6 Å². The summed E-state index contributed by atoms with van der Waals surface area (Å²) in [6, 6.07) is 6.78. The number of amides is 1.